The van der Waals surface area contributed by atoms with Crippen LogP contribution in [0.5, 0.6) is 0 Å². The Bertz CT molecular complexity index is 994. The minimum Gasteiger partial charge on any atom is -0.354 e. The van der Waals surface area contributed by atoms with Crippen LogP contribution in [-0.4, -0.2) is 57.1 Å². The van der Waals surface area contributed by atoms with E-state index in [0.717, 1.165) is 44.1 Å². The Morgan fingerprint density at radius 1 is 1.00 bits per heavy atom. The van der Waals surface area contributed by atoms with Crippen molar-refractivity contribution in [1.82, 2.24) is 24.4 Å². The summed E-state index contributed by atoms with van der Waals surface area (Å²) in [6.45, 7) is 11.4. The molecule has 0 spiro atoms. The summed E-state index contributed by atoms with van der Waals surface area (Å²) in [6.07, 6.45) is -0.987. The maximum Gasteiger partial charge on any atom is 0.433 e. The highest BCUT2D eigenvalue weighted by molar-refractivity contribution is 7.80. The van der Waals surface area contributed by atoms with Crippen molar-refractivity contribution >= 4 is 18.4 Å². The van der Waals surface area contributed by atoms with Crippen molar-refractivity contribution in [1.29, 1.82) is 0 Å². The van der Waals surface area contributed by atoms with Crippen LogP contribution in [0.15, 0.2) is 22.1 Å². The van der Waals surface area contributed by atoms with Crippen LogP contribution in [0.1, 0.15) is 50.7 Å². The molecular formula is C22H31F3N6OS. The van der Waals surface area contributed by atoms with E-state index in [2.05, 4.69) is 32.5 Å². The molecule has 0 bridgehead atoms. The van der Waals surface area contributed by atoms with Crippen LogP contribution < -0.4 is 10.6 Å². The number of aryl methyl sites for hydroxylation is 2. The van der Waals surface area contributed by atoms with Crippen LogP contribution in [0, 0.1) is 6.92 Å². The minimum absolute atomic E-state index is 0.195. The molecule has 3 heterocycles. The van der Waals surface area contributed by atoms with Crippen molar-refractivity contribution in [3.63, 3.8) is 0 Å². The Hall–Kier alpha value is -2.14. The van der Waals surface area contributed by atoms with Gasteiger partial charge in [-0.25, -0.2) is 14.8 Å². The largest absolute Gasteiger partial charge is 0.433 e. The van der Waals surface area contributed by atoms with Crippen LogP contribution in [0.25, 0.3) is 0 Å². The summed E-state index contributed by atoms with van der Waals surface area (Å²) in [7, 11) is 0. The molecule has 3 rings (SSSR count). The Morgan fingerprint density at radius 2 is 1.64 bits per heavy atom. The SMILES string of the molecule is Cc1cn(CCCCN2CCN(c3cc(C(F)(F)F)nc(C(C)(C)C)n3)CC2)c(=O)nc1S. The van der Waals surface area contributed by atoms with Gasteiger partial charge in [0.05, 0.1) is 0 Å². The molecule has 1 aliphatic heterocycles. The second-order valence-corrected chi connectivity index (χ2v) is 9.87. The predicted octanol–water partition coefficient (Wildman–Crippen LogP) is 3.55. The van der Waals surface area contributed by atoms with E-state index >= 15 is 0 Å². The molecule has 33 heavy (non-hydrogen) atoms. The van der Waals surface area contributed by atoms with Gasteiger partial charge in [-0.1, -0.05) is 20.8 Å². The summed E-state index contributed by atoms with van der Waals surface area (Å²) in [5.74, 6) is 0.525. The highest BCUT2D eigenvalue weighted by Crippen LogP contribution is 2.32. The number of piperazine rings is 1. The third-order valence-electron chi connectivity index (χ3n) is 5.64. The standard InChI is InChI=1S/C22H31F3N6OS/c1-15-14-31(20(32)28-18(15)33)8-6-5-7-29-9-11-30(12-10-29)17-13-16(22(23,24)25)26-19(27-17)21(2,3)4/h13-14H,5-12H2,1-4H3,(H,28,32,33). The van der Waals surface area contributed by atoms with Gasteiger partial charge in [-0.3, -0.25) is 9.47 Å². The first-order valence-corrected chi connectivity index (χ1v) is 11.5. The number of rotatable bonds is 6. The topological polar surface area (TPSA) is 67.2 Å². The van der Waals surface area contributed by atoms with Gasteiger partial charge < -0.3 is 4.90 Å². The van der Waals surface area contributed by atoms with Crippen molar-refractivity contribution in [2.45, 2.75) is 63.7 Å². The first-order valence-electron chi connectivity index (χ1n) is 11.1. The Kier molecular flexibility index (Phi) is 7.73. The van der Waals surface area contributed by atoms with Crippen LogP contribution in [0.2, 0.25) is 0 Å². The average molecular weight is 485 g/mol. The van der Waals surface area contributed by atoms with Gasteiger partial charge in [-0.05, 0) is 31.9 Å². The molecule has 11 heteroatoms. The van der Waals surface area contributed by atoms with Crippen molar-refractivity contribution in [2.75, 3.05) is 37.6 Å². The van der Waals surface area contributed by atoms with E-state index in [1.807, 2.05) is 32.6 Å². The molecule has 0 atom stereocenters. The van der Waals surface area contributed by atoms with E-state index < -0.39 is 17.3 Å². The van der Waals surface area contributed by atoms with E-state index in [4.69, 9.17) is 0 Å². The molecule has 0 unspecified atom stereocenters. The molecule has 2 aromatic rings. The number of aromatic nitrogens is 4. The van der Waals surface area contributed by atoms with E-state index in [1.54, 1.807) is 10.8 Å². The molecule has 1 aliphatic rings. The molecule has 0 aliphatic carbocycles. The lowest BCUT2D eigenvalue weighted by Gasteiger charge is -2.36. The van der Waals surface area contributed by atoms with Crippen LogP contribution in [-0.2, 0) is 18.1 Å². The molecule has 2 aromatic heterocycles. The van der Waals surface area contributed by atoms with Gasteiger partial charge in [-0.15, -0.1) is 12.6 Å². The number of hydrogen-bond donors (Lipinski definition) is 1. The molecule has 0 saturated carbocycles. The summed E-state index contributed by atoms with van der Waals surface area (Å²) in [4.78, 5) is 28.2. The fraction of sp³-hybridized carbons (Fsp3) is 0.636. The Labute approximate surface area is 197 Å². The number of unbranched alkanes of at least 4 members (excludes halogenated alkanes) is 1. The quantitative estimate of drug-likeness (QED) is 0.384. The monoisotopic (exact) mass is 484 g/mol. The molecule has 0 aromatic carbocycles. The van der Waals surface area contributed by atoms with Crippen molar-refractivity contribution in [2.24, 2.45) is 0 Å². The van der Waals surface area contributed by atoms with Gasteiger partial charge in [0.15, 0.2) is 0 Å². The summed E-state index contributed by atoms with van der Waals surface area (Å²) >= 11 is 4.17. The lowest BCUT2D eigenvalue weighted by atomic mass is 9.95. The number of thiol groups is 1. The van der Waals surface area contributed by atoms with Gasteiger partial charge in [0.2, 0.25) is 0 Å². The van der Waals surface area contributed by atoms with E-state index in [-0.39, 0.29) is 11.5 Å². The Balaban J connectivity index is 1.55. The van der Waals surface area contributed by atoms with Gasteiger partial charge in [0.25, 0.3) is 0 Å². The lowest BCUT2D eigenvalue weighted by Crippen LogP contribution is -2.47. The first kappa shape index (κ1) is 25.5. The first-order chi connectivity index (χ1) is 15.3. The number of alkyl halides is 3. The predicted molar refractivity (Wildman–Crippen MR) is 124 cm³/mol. The normalized spacial score (nSPS) is 15.8. The zero-order valence-electron chi connectivity index (χ0n) is 19.5. The van der Waals surface area contributed by atoms with E-state index in [9.17, 15) is 18.0 Å². The van der Waals surface area contributed by atoms with Gasteiger partial charge in [0, 0.05) is 50.4 Å². The average Bonchev–Trinajstić information content (AvgIpc) is 2.73. The fourth-order valence-corrected chi connectivity index (χ4v) is 3.79. The molecule has 1 fully saturated rings. The zero-order valence-corrected chi connectivity index (χ0v) is 20.4. The summed E-state index contributed by atoms with van der Waals surface area (Å²) in [6, 6.07) is 1.05. The Morgan fingerprint density at radius 3 is 2.24 bits per heavy atom. The summed E-state index contributed by atoms with van der Waals surface area (Å²) < 4.78 is 41.7. The second kappa shape index (κ2) is 10.0. The maximum absolute atomic E-state index is 13.4. The van der Waals surface area contributed by atoms with Crippen molar-refractivity contribution < 1.29 is 13.2 Å². The van der Waals surface area contributed by atoms with Gasteiger partial charge >= 0.3 is 11.9 Å². The second-order valence-electron chi connectivity index (χ2n) is 9.44. The minimum atomic E-state index is -4.51. The fourth-order valence-electron chi connectivity index (χ4n) is 3.65. The molecular weight excluding hydrogens is 453 g/mol. The van der Waals surface area contributed by atoms with Gasteiger partial charge in [-0.2, -0.15) is 18.2 Å². The maximum atomic E-state index is 13.4. The highest BCUT2D eigenvalue weighted by Gasteiger charge is 2.35. The molecule has 0 radical (unpaired) electrons. The zero-order chi connectivity index (χ0) is 24.4. The van der Waals surface area contributed by atoms with Crippen molar-refractivity contribution in [3.8, 4) is 0 Å². The highest BCUT2D eigenvalue weighted by atomic mass is 32.1. The number of nitrogens with zero attached hydrogens (tertiary/aromatic N) is 6. The number of anilines is 1. The van der Waals surface area contributed by atoms with E-state index in [0.29, 0.717) is 30.5 Å². The molecule has 1 saturated heterocycles. The lowest BCUT2D eigenvalue weighted by molar-refractivity contribution is -0.141. The van der Waals surface area contributed by atoms with E-state index in [1.165, 1.54) is 0 Å². The number of hydrogen-bond acceptors (Lipinski definition) is 7. The van der Waals surface area contributed by atoms with Crippen LogP contribution in [0.4, 0.5) is 19.0 Å². The van der Waals surface area contributed by atoms with Gasteiger partial charge in [0.1, 0.15) is 22.4 Å². The van der Waals surface area contributed by atoms with Crippen LogP contribution >= 0.6 is 12.6 Å². The molecule has 7 nitrogen and oxygen atoms in total. The third-order valence-corrected chi connectivity index (χ3v) is 6.10. The number of halogens is 3. The molecule has 0 N–H and O–H groups in total. The third kappa shape index (κ3) is 6.69. The summed E-state index contributed by atoms with van der Waals surface area (Å²) in [5, 5.41) is 0.454. The smallest absolute Gasteiger partial charge is 0.354 e. The summed E-state index contributed by atoms with van der Waals surface area (Å²) in [5.41, 5.74) is -0.911. The molecule has 0 amide bonds. The van der Waals surface area contributed by atoms with Crippen molar-refractivity contribution in [3.05, 3.63) is 39.8 Å². The molecule has 182 valence electrons. The van der Waals surface area contributed by atoms with Crippen LogP contribution in [0.3, 0.4) is 0 Å².